The zero-order valence-electron chi connectivity index (χ0n) is 29.4. The molecule has 1 atom stereocenters. The van der Waals surface area contributed by atoms with Crippen LogP contribution in [-0.2, 0) is 0 Å². The molecule has 10 nitrogen and oxygen atoms in total. The highest BCUT2D eigenvalue weighted by atomic mass is 19.4. The second-order valence-electron chi connectivity index (χ2n) is 12.8. The summed E-state index contributed by atoms with van der Waals surface area (Å²) in [7, 11) is 0. The molecule has 50 heavy (non-hydrogen) atoms. The highest BCUT2D eigenvalue weighted by molar-refractivity contribution is 6.10. The number of benzene rings is 1. The average Bonchev–Trinajstić information content (AvgIpc) is 3.97. The second kappa shape index (κ2) is 16.7. The van der Waals surface area contributed by atoms with Gasteiger partial charge in [-0.1, -0.05) is 13.8 Å². The van der Waals surface area contributed by atoms with Crippen molar-refractivity contribution in [1.82, 2.24) is 30.6 Å². The molecule has 0 aliphatic heterocycles. The maximum absolute atomic E-state index is 13.0. The number of carbonyl (C=O) groups is 2. The summed E-state index contributed by atoms with van der Waals surface area (Å²) in [4.78, 5) is 38.3. The molecule has 2 amide bonds. The van der Waals surface area contributed by atoms with Crippen molar-refractivity contribution >= 4 is 34.4 Å². The van der Waals surface area contributed by atoms with E-state index in [1.54, 1.807) is 38.1 Å². The van der Waals surface area contributed by atoms with Gasteiger partial charge >= 0.3 is 6.18 Å². The first-order valence-electron chi connectivity index (χ1n) is 16.5. The lowest BCUT2D eigenvalue weighted by Crippen LogP contribution is -2.47. The average molecular weight is 699 g/mol. The Morgan fingerprint density at radius 2 is 1.36 bits per heavy atom. The molecule has 2 saturated carbocycles. The Morgan fingerprint density at radius 3 is 1.82 bits per heavy atom. The number of H-pyrrole nitrogens is 2. The van der Waals surface area contributed by atoms with Gasteiger partial charge in [0.25, 0.3) is 11.8 Å². The molecule has 2 aromatic heterocycles. The van der Waals surface area contributed by atoms with Crippen molar-refractivity contribution in [3.05, 3.63) is 83.2 Å². The van der Waals surface area contributed by atoms with Gasteiger partial charge in [0.2, 0.25) is 0 Å². The number of hydrogen-bond donors (Lipinski definition) is 6. The third-order valence-corrected chi connectivity index (χ3v) is 8.10. The molecule has 0 spiro atoms. The number of nitrogens with one attached hydrogen (secondary N) is 6. The molecule has 14 heteroatoms. The van der Waals surface area contributed by atoms with E-state index in [0.29, 0.717) is 53.0 Å². The van der Waals surface area contributed by atoms with E-state index in [-0.39, 0.29) is 28.7 Å². The minimum absolute atomic E-state index is 0.0275. The van der Waals surface area contributed by atoms with Crippen LogP contribution in [0.4, 0.5) is 17.6 Å². The fraction of sp³-hybridized carbons (Fsp3) is 0.444. The van der Waals surface area contributed by atoms with Crippen molar-refractivity contribution in [2.45, 2.75) is 91.9 Å². The van der Waals surface area contributed by atoms with Crippen LogP contribution in [0.25, 0.3) is 11.1 Å². The Morgan fingerprint density at radius 1 is 0.860 bits per heavy atom. The number of amides is 2. The molecule has 3 aromatic rings. The number of halogens is 4. The summed E-state index contributed by atoms with van der Waals surface area (Å²) in [5.74, 6) is -0.453. The smallest absolute Gasteiger partial charge is 0.346 e. The molecule has 2 heterocycles. The minimum Gasteiger partial charge on any atom is -0.346 e. The van der Waals surface area contributed by atoms with Gasteiger partial charge in [0.05, 0.1) is 18.1 Å². The molecule has 0 saturated heterocycles. The van der Waals surface area contributed by atoms with E-state index in [0.717, 1.165) is 18.4 Å². The van der Waals surface area contributed by atoms with E-state index >= 15 is 0 Å². The van der Waals surface area contributed by atoms with Gasteiger partial charge in [0, 0.05) is 11.3 Å². The minimum atomic E-state index is -4.45. The molecule has 270 valence electrons. The number of aromatic amines is 2. The fourth-order valence-corrected chi connectivity index (χ4v) is 5.05. The highest BCUT2D eigenvalue weighted by Gasteiger charge is 2.49. The first kappa shape index (κ1) is 39.6. The first-order chi connectivity index (χ1) is 23.4. The van der Waals surface area contributed by atoms with E-state index in [1.807, 2.05) is 39.9 Å². The van der Waals surface area contributed by atoms with Gasteiger partial charge in [0.15, 0.2) is 0 Å². The maximum Gasteiger partial charge on any atom is 0.408 e. The topological polar surface area (TPSA) is 163 Å². The second-order valence-corrected chi connectivity index (χ2v) is 12.8. The zero-order chi connectivity index (χ0) is 37.4. The number of hydrogen-bond acceptors (Lipinski definition) is 6. The molecule has 2 fully saturated rings. The van der Waals surface area contributed by atoms with Gasteiger partial charge in [-0.3, -0.25) is 9.59 Å². The SMILES string of the molecule is C/C(=C/C(=N)c1ccc(F)cc1)c1ncc(C(=O)NC(C)(C)C2CC2)[nH]1.CC.CC(=N)/C=C(/C)c1ncc(C(=O)NC(C2CC2)C(F)(F)F)[nH]1. The van der Waals surface area contributed by atoms with Gasteiger partial charge in [-0.05, 0) is 125 Å². The van der Waals surface area contributed by atoms with Crippen molar-refractivity contribution in [3.8, 4) is 0 Å². The van der Waals surface area contributed by atoms with Crippen LogP contribution in [0.1, 0.15) is 112 Å². The van der Waals surface area contributed by atoms with E-state index in [9.17, 15) is 27.2 Å². The van der Waals surface area contributed by atoms with Crippen LogP contribution in [0.2, 0.25) is 0 Å². The molecular weight excluding hydrogens is 652 g/mol. The Hall–Kier alpha value is -4.88. The van der Waals surface area contributed by atoms with Crippen LogP contribution in [0.3, 0.4) is 0 Å². The predicted octanol–water partition coefficient (Wildman–Crippen LogP) is 7.89. The Balaban J connectivity index is 0.000000261. The number of rotatable bonds is 11. The van der Waals surface area contributed by atoms with Gasteiger partial charge in [0.1, 0.15) is 34.9 Å². The summed E-state index contributed by atoms with van der Waals surface area (Å²) >= 11 is 0. The highest BCUT2D eigenvalue weighted by Crippen LogP contribution is 2.40. The van der Waals surface area contributed by atoms with E-state index in [2.05, 4.69) is 25.3 Å². The van der Waals surface area contributed by atoms with Crippen molar-refractivity contribution in [2.24, 2.45) is 11.8 Å². The molecule has 2 aliphatic carbocycles. The van der Waals surface area contributed by atoms with E-state index < -0.39 is 24.0 Å². The van der Waals surface area contributed by atoms with Gasteiger partial charge < -0.3 is 31.4 Å². The zero-order valence-corrected chi connectivity index (χ0v) is 29.4. The van der Waals surface area contributed by atoms with Crippen LogP contribution >= 0.6 is 0 Å². The van der Waals surface area contributed by atoms with Crippen LogP contribution in [-0.4, -0.2) is 60.9 Å². The lowest BCUT2D eigenvalue weighted by atomic mass is 9.98. The third-order valence-electron chi connectivity index (χ3n) is 8.10. The van der Waals surface area contributed by atoms with Crippen molar-refractivity contribution in [1.29, 1.82) is 10.8 Å². The Bertz CT molecular complexity index is 1730. The molecule has 1 unspecified atom stereocenters. The van der Waals surface area contributed by atoms with Crippen LogP contribution < -0.4 is 10.6 Å². The van der Waals surface area contributed by atoms with E-state index in [4.69, 9.17) is 10.8 Å². The standard InChI is InChI=1S/C20H23FN4O.C14H17F3N4O.C2H6/c1-12(10-16(22)13-4-8-15(21)9-5-13)18-23-11-17(24-18)19(26)25-20(2,3)14-6-7-14;1-7(5-8(2)18)12-19-6-10(20-12)13(22)21-11(9-3-4-9)14(15,16)17;1-2/h4-5,8-11,14,22H,6-7H2,1-3H3,(H,23,24)(H,25,26);5-6,9,11,18H,3-4H2,1-2H3,(H,19,20)(H,21,22);1-2H3/b12-10-,22-16?;7-5-,18-8?;. The summed E-state index contributed by atoms with van der Waals surface area (Å²) in [6, 6.07) is 3.95. The molecular formula is C36H46F4N8O2. The predicted molar refractivity (Wildman–Crippen MR) is 187 cm³/mol. The third kappa shape index (κ3) is 11.3. The van der Waals surface area contributed by atoms with Crippen molar-refractivity contribution in [3.63, 3.8) is 0 Å². The number of imidazole rings is 2. The number of alkyl halides is 3. The molecule has 2 aliphatic rings. The lowest BCUT2D eigenvalue weighted by Gasteiger charge is -2.25. The van der Waals surface area contributed by atoms with Crippen molar-refractivity contribution in [2.75, 3.05) is 0 Å². The summed E-state index contributed by atoms with van der Waals surface area (Å²) in [5.41, 5.74) is 2.67. The van der Waals surface area contributed by atoms with Gasteiger partial charge in [-0.2, -0.15) is 13.2 Å². The monoisotopic (exact) mass is 698 g/mol. The number of nitrogens with zero attached hydrogens (tertiary/aromatic N) is 2. The number of allylic oxidation sites excluding steroid dienone is 4. The lowest BCUT2D eigenvalue weighted by molar-refractivity contribution is -0.158. The van der Waals surface area contributed by atoms with E-state index in [1.165, 1.54) is 24.5 Å². The molecule has 5 rings (SSSR count). The summed E-state index contributed by atoms with van der Waals surface area (Å²) in [5, 5.41) is 20.6. The maximum atomic E-state index is 13.0. The molecule has 1 aromatic carbocycles. The quantitative estimate of drug-likeness (QED) is 0.0887. The van der Waals surface area contributed by atoms with Crippen LogP contribution in [0.15, 0.2) is 48.8 Å². The normalized spacial score (nSPS) is 15.5. The fourth-order valence-electron chi connectivity index (χ4n) is 5.05. The largest absolute Gasteiger partial charge is 0.408 e. The molecule has 6 N–H and O–H groups in total. The van der Waals surface area contributed by atoms with Crippen LogP contribution in [0, 0.1) is 28.5 Å². The van der Waals surface area contributed by atoms with Gasteiger partial charge in [-0.25, -0.2) is 14.4 Å². The number of carbonyl (C=O) groups excluding carboxylic acids is 2. The number of aromatic nitrogens is 4. The summed E-state index contributed by atoms with van der Waals surface area (Å²) in [6.45, 7) is 13.2. The van der Waals surface area contributed by atoms with Gasteiger partial charge in [-0.15, -0.1) is 0 Å². The first-order valence-corrected chi connectivity index (χ1v) is 16.5. The Kier molecular flexibility index (Phi) is 13.2. The Labute approximate surface area is 289 Å². The molecule has 0 radical (unpaired) electrons. The van der Waals surface area contributed by atoms with Crippen molar-refractivity contribution < 1.29 is 27.2 Å². The summed E-state index contributed by atoms with van der Waals surface area (Å²) < 4.78 is 51.7. The summed E-state index contributed by atoms with van der Waals surface area (Å²) in [6.07, 6.45) is 4.67. The van der Waals surface area contributed by atoms with Crippen LogP contribution in [0.5, 0.6) is 0 Å². The molecule has 0 bridgehead atoms.